The van der Waals surface area contributed by atoms with Crippen LogP contribution in [0.25, 0.3) is 0 Å². The Bertz CT molecular complexity index is 314. The van der Waals surface area contributed by atoms with Gasteiger partial charge in [0.1, 0.15) is 0 Å². The monoisotopic (exact) mass is 220 g/mol. The lowest BCUT2D eigenvalue weighted by molar-refractivity contribution is -0.131. The summed E-state index contributed by atoms with van der Waals surface area (Å²) in [6.07, 6.45) is -2.44. The van der Waals surface area contributed by atoms with Crippen LogP contribution in [0.1, 0.15) is 10.7 Å². The molecule has 78 valence electrons. The maximum Gasteiger partial charge on any atom is 0.315 e. The smallest absolute Gasteiger partial charge is 0.315 e. The largest absolute Gasteiger partial charge is 0.351 e. The number of amides is 1. The second-order valence-electron chi connectivity index (χ2n) is 2.72. The quantitative estimate of drug-likeness (QED) is 0.832. The van der Waals surface area contributed by atoms with Gasteiger partial charge in [0.05, 0.1) is 5.01 Å². The predicted octanol–water partition coefficient (Wildman–Crippen LogP) is 1.38. The van der Waals surface area contributed by atoms with E-state index in [1.54, 1.807) is 0 Å². The second-order valence-corrected chi connectivity index (χ2v) is 3.67. The molecule has 14 heavy (non-hydrogen) atoms. The summed E-state index contributed by atoms with van der Waals surface area (Å²) < 4.78 is 23.5. The van der Waals surface area contributed by atoms with E-state index >= 15 is 0 Å². The van der Waals surface area contributed by atoms with Crippen molar-refractivity contribution < 1.29 is 13.6 Å². The van der Waals surface area contributed by atoms with Crippen molar-refractivity contribution in [2.75, 3.05) is 6.54 Å². The molecule has 3 nitrogen and oxygen atoms in total. The van der Waals surface area contributed by atoms with E-state index < -0.39 is 12.3 Å². The summed E-state index contributed by atoms with van der Waals surface area (Å²) in [7, 11) is 0. The zero-order chi connectivity index (χ0) is 10.6. The summed E-state index contributed by atoms with van der Waals surface area (Å²) >= 11 is 1.46. The summed E-state index contributed by atoms with van der Waals surface area (Å²) in [5.74, 6) is -1.22. The number of aryl methyl sites for hydroxylation is 1. The van der Waals surface area contributed by atoms with Gasteiger partial charge in [-0.05, 0) is 6.92 Å². The number of aromatic nitrogens is 1. The Balaban J connectivity index is 2.25. The first-order chi connectivity index (χ1) is 6.59. The number of hydrogen-bond donors (Lipinski definition) is 1. The van der Waals surface area contributed by atoms with E-state index in [9.17, 15) is 13.6 Å². The van der Waals surface area contributed by atoms with Crippen LogP contribution in [0.4, 0.5) is 8.78 Å². The van der Waals surface area contributed by atoms with Gasteiger partial charge in [-0.15, -0.1) is 11.3 Å². The van der Waals surface area contributed by atoms with Gasteiger partial charge in [0.2, 0.25) is 0 Å². The van der Waals surface area contributed by atoms with Gasteiger partial charge >= 0.3 is 6.43 Å². The number of halogens is 2. The molecule has 0 aliphatic rings. The van der Waals surface area contributed by atoms with E-state index in [2.05, 4.69) is 10.3 Å². The minimum Gasteiger partial charge on any atom is -0.351 e. The number of nitrogens with one attached hydrogen (secondary N) is 1. The molecule has 0 bridgehead atoms. The van der Waals surface area contributed by atoms with Crippen molar-refractivity contribution in [1.29, 1.82) is 0 Å². The van der Waals surface area contributed by atoms with E-state index in [4.69, 9.17) is 0 Å². The van der Waals surface area contributed by atoms with E-state index in [0.29, 0.717) is 6.42 Å². The van der Waals surface area contributed by atoms with Gasteiger partial charge in [-0.2, -0.15) is 8.78 Å². The van der Waals surface area contributed by atoms with Crippen LogP contribution in [-0.4, -0.2) is 23.9 Å². The van der Waals surface area contributed by atoms with E-state index in [1.165, 1.54) is 11.3 Å². The molecule has 0 aliphatic heterocycles. The molecule has 1 aromatic heterocycles. The van der Waals surface area contributed by atoms with Crippen molar-refractivity contribution in [3.8, 4) is 0 Å². The SMILES string of the molecule is Cc1csc(CCNC(=O)C(F)F)n1. The molecule has 0 saturated heterocycles. The highest BCUT2D eigenvalue weighted by Gasteiger charge is 2.13. The van der Waals surface area contributed by atoms with Crippen LogP contribution in [0, 0.1) is 6.92 Å². The van der Waals surface area contributed by atoms with Crippen LogP contribution in [0.15, 0.2) is 5.38 Å². The fourth-order valence-corrected chi connectivity index (χ4v) is 1.66. The number of carbonyl (C=O) groups is 1. The summed E-state index contributed by atoms with van der Waals surface area (Å²) in [6.45, 7) is 2.06. The van der Waals surface area contributed by atoms with E-state index in [1.807, 2.05) is 12.3 Å². The third-order valence-corrected chi connectivity index (χ3v) is 2.53. The zero-order valence-corrected chi connectivity index (χ0v) is 8.41. The minimum absolute atomic E-state index is 0.204. The lowest BCUT2D eigenvalue weighted by atomic mass is 10.4. The average molecular weight is 220 g/mol. The Morgan fingerprint density at radius 2 is 2.43 bits per heavy atom. The third-order valence-electron chi connectivity index (χ3n) is 1.50. The van der Waals surface area contributed by atoms with E-state index in [0.717, 1.165) is 10.7 Å². The summed E-state index contributed by atoms with van der Waals surface area (Å²) in [4.78, 5) is 14.6. The predicted molar refractivity (Wildman–Crippen MR) is 49.6 cm³/mol. The molecule has 6 heteroatoms. The van der Waals surface area contributed by atoms with E-state index in [-0.39, 0.29) is 6.54 Å². The van der Waals surface area contributed by atoms with Crippen LogP contribution in [0.5, 0.6) is 0 Å². The number of thiazole rings is 1. The number of carbonyl (C=O) groups excluding carboxylic acids is 1. The number of rotatable bonds is 4. The van der Waals surface area contributed by atoms with Gasteiger partial charge < -0.3 is 5.32 Å². The van der Waals surface area contributed by atoms with Crippen LogP contribution in [0.2, 0.25) is 0 Å². The van der Waals surface area contributed by atoms with Gasteiger partial charge in [0.25, 0.3) is 5.91 Å². The van der Waals surface area contributed by atoms with Crippen molar-refractivity contribution >= 4 is 17.2 Å². The molecule has 1 heterocycles. The van der Waals surface area contributed by atoms with Gasteiger partial charge in [0, 0.05) is 24.0 Å². The highest BCUT2D eigenvalue weighted by Crippen LogP contribution is 2.08. The Morgan fingerprint density at radius 1 is 1.71 bits per heavy atom. The standard InChI is InChI=1S/C8H10F2N2OS/c1-5-4-14-6(12-5)2-3-11-8(13)7(9)10/h4,7H,2-3H2,1H3,(H,11,13). The molecule has 1 amide bonds. The molecular formula is C8H10F2N2OS. The third kappa shape index (κ3) is 3.37. The fourth-order valence-electron chi connectivity index (χ4n) is 0.887. The molecule has 0 unspecified atom stereocenters. The Kier molecular flexibility index (Phi) is 3.94. The molecule has 0 fully saturated rings. The minimum atomic E-state index is -2.94. The normalized spacial score (nSPS) is 10.6. The molecular weight excluding hydrogens is 210 g/mol. The molecule has 0 aliphatic carbocycles. The zero-order valence-electron chi connectivity index (χ0n) is 7.59. The van der Waals surface area contributed by atoms with Crippen molar-refractivity contribution in [2.24, 2.45) is 0 Å². The summed E-state index contributed by atoms with van der Waals surface area (Å²) in [6, 6.07) is 0. The van der Waals surface area contributed by atoms with Crippen LogP contribution in [-0.2, 0) is 11.2 Å². The molecule has 0 saturated carbocycles. The lowest BCUT2D eigenvalue weighted by Crippen LogP contribution is -2.31. The molecule has 0 spiro atoms. The fraction of sp³-hybridized carbons (Fsp3) is 0.500. The number of hydrogen-bond acceptors (Lipinski definition) is 3. The first kappa shape index (κ1) is 11.0. The van der Waals surface area contributed by atoms with Crippen molar-refractivity contribution in [3.05, 3.63) is 16.1 Å². The first-order valence-electron chi connectivity index (χ1n) is 4.06. The Labute approximate surface area is 84.2 Å². The average Bonchev–Trinajstić information content (AvgIpc) is 2.51. The second kappa shape index (κ2) is 4.99. The molecule has 0 aromatic carbocycles. The molecule has 0 radical (unpaired) electrons. The maximum atomic E-state index is 11.7. The highest BCUT2D eigenvalue weighted by molar-refractivity contribution is 7.09. The maximum absolute atomic E-state index is 11.7. The number of nitrogens with zero attached hydrogens (tertiary/aromatic N) is 1. The summed E-state index contributed by atoms with van der Waals surface area (Å²) in [5.41, 5.74) is 0.908. The van der Waals surface area contributed by atoms with Crippen molar-refractivity contribution in [3.63, 3.8) is 0 Å². The van der Waals surface area contributed by atoms with Crippen LogP contribution < -0.4 is 5.32 Å². The molecule has 1 rings (SSSR count). The molecule has 1 aromatic rings. The highest BCUT2D eigenvalue weighted by atomic mass is 32.1. The van der Waals surface area contributed by atoms with Crippen LogP contribution in [0.3, 0.4) is 0 Å². The topological polar surface area (TPSA) is 42.0 Å². The molecule has 0 atom stereocenters. The van der Waals surface area contributed by atoms with Crippen molar-refractivity contribution in [1.82, 2.24) is 10.3 Å². The first-order valence-corrected chi connectivity index (χ1v) is 4.94. The Morgan fingerprint density at radius 3 is 2.93 bits per heavy atom. The van der Waals surface area contributed by atoms with Crippen LogP contribution >= 0.6 is 11.3 Å². The summed E-state index contributed by atoms with van der Waals surface area (Å²) in [5, 5.41) is 4.84. The van der Waals surface area contributed by atoms with Crippen molar-refractivity contribution in [2.45, 2.75) is 19.8 Å². The van der Waals surface area contributed by atoms with Gasteiger partial charge in [0.15, 0.2) is 0 Å². The van der Waals surface area contributed by atoms with Gasteiger partial charge in [-0.25, -0.2) is 4.98 Å². The number of alkyl halides is 2. The molecule has 1 N–H and O–H groups in total. The van der Waals surface area contributed by atoms with Gasteiger partial charge in [-0.1, -0.05) is 0 Å². The Hall–Kier alpha value is -1.04. The lowest BCUT2D eigenvalue weighted by Gasteiger charge is -2.01. The van der Waals surface area contributed by atoms with Gasteiger partial charge in [-0.3, -0.25) is 4.79 Å².